The summed E-state index contributed by atoms with van der Waals surface area (Å²) in [6, 6.07) is 14.5. The molecule has 8 heteroatoms. The Morgan fingerprint density at radius 2 is 1.90 bits per heavy atom. The lowest BCUT2D eigenvalue weighted by molar-refractivity contribution is 0.0937. The van der Waals surface area contributed by atoms with Gasteiger partial charge in [0.15, 0.2) is 0 Å². The molecule has 4 rings (SSSR count). The van der Waals surface area contributed by atoms with Gasteiger partial charge < -0.3 is 14.6 Å². The second kappa shape index (κ2) is 8.69. The van der Waals surface area contributed by atoms with Gasteiger partial charge in [0.25, 0.3) is 5.91 Å². The summed E-state index contributed by atoms with van der Waals surface area (Å²) in [5.74, 6) is 1.22. The quantitative estimate of drug-likeness (QED) is 0.472. The predicted molar refractivity (Wildman–Crippen MR) is 118 cm³/mol. The molecule has 2 aromatic carbocycles. The minimum Gasteiger partial charge on any atom is -0.497 e. The molecule has 4 aromatic rings. The molecular formula is C22H19ClN4O2S. The summed E-state index contributed by atoms with van der Waals surface area (Å²) in [7, 11) is 3.52. The van der Waals surface area contributed by atoms with Crippen molar-refractivity contribution >= 4 is 28.8 Å². The van der Waals surface area contributed by atoms with Crippen LogP contribution >= 0.6 is 22.9 Å². The molecule has 0 radical (unpaired) electrons. The number of thiazole rings is 1. The number of methoxy groups -OCH3 is 1. The van der Waals surface area contributed by atoms with Gasteiger partial charge in [0.2, 0.25) is 0 Å². The molecule has 0 saturated heterocycles. The third kappa shape index (κ3) is 4.22. The Kier molecular flexibility index (Phi) is 5.83. The van der Waals surface area contributed by atoms with E-state index < -0.39 is 6.04 Å². The maximum atomic E-state index is 13.0. The van der Waals surface area contributed by atoms with Crippen LogP contribution in [0.5, 0.6) is 5.75 Å². The van der Waals surface area contributed by atoms with Gasteiger partial charge in [-0.25, -0.2) is 9.97 Å². The number of benzene rings is 2. The third-order valence-corrected chi connectivity index (χ3v) is 5.81. The smallest absolute Gasteiger partial charge is 0.271 e. The lowest BCUT2D eigenvalue weighted by atomic mass is 10.1. The highest BCUT2D eigenvalue weighted by molar-refractivity contribution is 7.13. The number of aryl methyl sites for hydroxylation is 1. The van der Waals surface area contributed by atoms with E-state index in [0.717, 1.165) is 27.7 Å². The number of nitrogens with zero attached hydrogens (tertiary/aromatic N) is 3. The van der Waals surface area contributed by atoms with Gasteiger partial charge in [-0.2, -0.15) is 0 Å². The molecule has 152 valence electrons. The van der Waals surface area contributed by atoms with Crippen LogP contribution in [-0.2, 0) is 7.05 Å². The van der Waals surface area contributed by atoms with Crippen LogP contribution in [0.25, 0.3) is 10.6 Å². The minimum atomic E-state index is -0.430. The van der Waals surface area contributed by atoms with Crippen molar-refractivity contribution < 1.29 is 9.53 Å². The second-order valence-electron chi connectivity index (χ2n) is 6.62. The summed E-state index contributed by atoms with van der Waals surface area (Å²) in [6.07, 6.45) is 3.55. The van der Waals surface area contributed by atoms with Crippen molar-refractivity contribution in [3.63, 3.8) is 0 Å². The maximum absolute atomic E-state index is 13.0. The summed E-state index contributed by atoms with van der Waals surface area (Å²) < 4.78 is 7.07. The second-order valence-corrected chi connectivity index (χ2v) is 7.92. The topological polar surface area (TPSA) is 69.0 Å². The molecule has 1 amide bonds. The summed E-state index contributed by atoms with van der Waals surface area (Å²) >= 11 is 7.45. The summed E-state index contributed by atoms with van der Waals surface area (Å²) in [6.45, 7) is 0. The van der Waals surface area contributed by atoms with Gasteiger partial charge in [0.1, 0.15) is 28.3 Å². The van der Waals surface area contributed by atoms with E-state index >= 15 is 0 Å². The zero-order valence-electron chi connectivity index (χ0n) is 16.4. The molecule has 0 fully saturated rings. The first kappa shape index (κ1) is 20.1. The highest BCUT2D eigenvalue weighted by Crippen LogP contribution is 2.27. The van der Waals surface area contributed by atoms with Crippen molar-refractivity contribution in [3.8, 4) is 16.3 Å². The van der Waals surface area contributed by atoms with Crippen LogP contribution in [0.15, 0.2) is 66.3 Å². The van der Waals surface area contributed by atoms with Crippen molar-refractivity contribution in [1.29, 1.82) is 0 Å². The van der Waals surface area contributed by atoms with E-state index in [1.54, 1.807) is 30.8 Å². The number of hydrogen-bond donors (Lipinski definition) is 1. The average molecular weight is 439 g/mol. The number of carbonyl (C=O) groups excluding carboxylic acids is 1. The average Bonchev–Trinajstić information content (AvgIpc) is 3.42. The Balaban J connectivity index is 1.59. The fourth-order valence-corrected chi connectivity index (χ4v) is 3.99. The predicted octanol–water partition coefficient (Wildman–Crippen LogP) is 4.73. The Labute approximate surface area is 183 Å². The molecule has 2 heterocycles. The standard InChI is InChI=1S/C22H19ClN4O2S/c1-27-12-11-24-20(27)19(14-3-7-16(23)8-4-14)26-21(28)18-13-30-22(25-18)15-5-9-17(29-2)10-6-15/h3-13,19H,1-2H3,(H,26,28)/t19-/m0/s1. The Morgan fingerprint density at radius 1 is 1.17 bits per heavy atom. The first-order valence-electron chi connectivity index (χ1n) is 9.18. The monoisotopic (exact) mass is 438 g/mol. The van der Waals surface area contributed by atoms with Crippen LogP contribution in [-0.4, -0.2) is 27.6 Å². The largest absolute Gasteiger partial charge is 0.497 e. The number of hydrogen-bond acceptors (Lipinski definition) is 5. The van der Waals surface area contributed by atoms with Crippen LogP contribution in [0.2, 0.25) is 5.02 Å². The van der Waals surface area contributed by atoms with E-state index in [1.807, 2.05) is 54.2 Å². The van der Waals surface area contributed by atoms with Crippen molar-refractivity contribution in [2.45, 2.75) is 6.04 Å². The van der Waals surface area contributed by atoms with Crippen LogP contribution in [0, 0.1) is 0 Å². The number of ether oxygens (including phenoxy) is 1. The number of nitrogens with one attached hydrogen (secondary N) is 1. The van der Waals surface area contributed by atoms with Crippen molar-refractivity contribution in [1.82, 2.24) is 19.9 Å². The lowest BCUT2D eigenvalue weighted by Gasteiger charge is -2.18. The zero-order valence-corrected chi connectivity index (χ0v) is 17.9. The van der Waals surface area contributed by atoms with Gasteiger partial charge in [-0.05, 0) is 42.0 Å². The molecule has 0 aliphatic carbocycles. The highest BCUT2D eigenvalue weighted by Gasteiger charge is 2.23. The molecule has 2 aromatic heterocycles. The van der Waals surface area contributed by atoms with Crippen molar-refractivity contribution in [3.05, 3.63) is 88.4 Å². The fraction of sp³-hybridized carbons (Fsp3) is 0.136. The Morgan fingerprint density at radius 3 is 2.53 bits per heavy atom. The maximum Gasteiger partial charge on any atom is 0.271 e. The fourth-order valence-electron chi connectivity index (χ4n) is 3.06. The Bertz CT molecular complexity index is 1150. The van der Waals surface area contributed by atoms with E-state index in [2.05, 4.69) is 15.3 Å². The normalized spacial score (nSPS) is 11.8. The number of aromatic nitrogens is 3. The van der Waals surface area contributed by atoms with Crippen LogP contribution in [0.3, 0.4) is 0 Å². The van der Waals surface area contributed by atoms with Gasteiger partial charge in [-0.1, -0.05) is 23.7 Å². The molecule has 0 unspecified atom stereocenters. The molecular weight excluding hydrogens is 420 g/mol. The van der Waals surface area contributed by atoms with Gasteiger partial charge in [0, 0.05) is 35.4 Å². The van der Waals surface area contributed by atoms with E-state index in [1.165, 1.54) is 11.3 Å². The highest BCUT2D eigenvalue weighted by atomic mass is 35.5. The van der Waals surface area contributed by atoms with E-state index in [0.29, 0.717) is 10.7 Å². The van der Waals surface area contributed by atoms with Gasteiger partial charge >= 0.3 is 0 Å². The minimum absolute atomic E-state index is 0.269. The number of rotatable bonds is 6. The van der Waals surface area contributed by atoms with Gasteiger partial charge in [-0.15, -0.1) is 11.3 Å². The molecule has 0 bridgehead atoms. The van der Waals surface area contributed by atoms with E-state index in [4.69, 9.17) is 16.3 Å². The van der Waals surface area contributed by atoms with Crippen LogP contribution in [0.1, 0.15) is 27.9 Å². The molecule has 1 atom stereocenters. The summed E-state index contributed by atoms with van der Waals surface area (Å²) in [5, 5.41) is 6.21. The van der Waals surface area contributed by atoms with Gasteiger partial charge in [0.05, 0.1) is 7.11 Å². The van der Waals surface area contributed by atoms with Gasteiger partial charge in [-0.3, -0.25) is 4.79 Å². The number of carbonyl (C=O) groups is 1. The number of halogens is 1. The van der Waals surface area contributed by atoms with Crippen molar-refractivity contribution in [2.24, 2.45) is 7.05 Å². The third-order valence-electron chi connectivity index (χ3n) is 4.67. The lowest BCUT2D eigenvalue weighted by Crippen LogP contribution is -2.31. The molecule has 0 saturated carbocycles. The molecule has 0 aliphatic heterocycles. The summed E-state index contributed by atoms with van der Waals surface area (Å²) in [5.41, 5.74) is 2.17. The number of amides is 1. The molecule has 30 heavy (non-hydrogen) atoms. The molecule has 1 N–H and O–H groups in total. The first-order valence-corrected chi connectivity index (χ1v) is 10.4. The van der Waals surface area contributed by atoms with E-state index in [9.17, 15) is 4.79 Å². The van der Waals surface area contributed by atoms with Crippen LogP contribution in [0.4, 0.5) is 0 Å². The molecule has 0 aliphatic rings. The molecule has 0 spiro atoms. The number of imidazole rings is 1. The van der Waals surface area contributed by atoms with Crippen LogP contribution < -0.4 is 10.1 Å². The molecule has 6 nitrogen and oxygen atoms in total. The van der Waals surface area contributed by atoms with Crippen molar-refractivity contribution in [2.75, 3.05) is 7.11 Å². The van der Waals surface area contributed by atoms with E-state index in [-0.39, 0.29) is 5.91 Å². The summed E-state index contributed by atoms with van der Waals surface area (Å²) in [4.78, 5) is 21.9. The zero-order chi connectivity index (χ0) is 21.1. The Hall–Kier alpha value is -3.16. The first-order chi connectivity index (χ1) is 14.5. The SMILES string of the molecule is COc1ccc(-c2nc(C(=O)N[C@@H](c3ccc(Cl)cc3)c3nccn3C)cs2)cc1.